The van der Waals surface area contributed by atoms with E-state index in [-0.39, 0.29) is 24.0 Å². The highest BCUT2D eigenvalue weighted by Gasteiger charge is 2.34. The van der Waals surface area contributed by atoms with Gasteiger partial charge >= 0.3 is 5.69 Å². The molecule has 0 atom stereocenters. The normalized spacial score (nSPS) is 13.8. The molecule has 1 aliphatic rings. The van der Waals surface area contributed by atoms with Crippen molar-refractivity contribution < 1.29 is 9.59 Å². The number of nitrogens with zero attached hydrogens (tertiary/aromatic N) is 2. The van der Waals surface area contributed by atoms with Crippen LogP contribution in [0.3, 0.4) is 0 Å². The molecule has 24 heavy (non-hydrogen) atoms. The summed E-state index contributed by atoms with van der Waals surface area (Å²) in [5, 5.41) is 0. The molecule has 2 heterocycles. The van der Waals surface area contributed by atoms with E-state index in [0.717, 1.165) is 11.0 Å². The van der Waals surface area contributed by atoms with Crippen molar-refractivity contribution in [3.8, 4) is 0 Å². The van der Waals surface area contributed by atoms with Crippen molar-refractivity contribution in [1.29, 1.82) is 0 Å². The van der Waals surface area contributed by atoms with Crippen molar-refractivity contribution in [3.05, 3.63) is 70.1 Å². The molecule has 0 saturated heterocycles. The highest BCUT2D eigenvalue weighted by molar-refractivity contribution is 6.21. The van der Waals surface area contributed by atoms with E-state index in [9.17, 15) is 14.4 Å². The van der Waals surface area contributed by atoms with Crippen LogP contribution in [0.5, 0.6) is 0 Å². The van der Waals surface area contributed by atoms with Gasteiger partial charge in [-0.3, -0.25) is 19.1 Å². The molecule has 1 aliphatic heterocycles. The van der Waals surface area contributed by atoms with E-state index in [1.165, 1.54) is 4.90 Å². The average Bonchev–Trinajstić information content (AvgIpc) is 3.04. The molecule has 0 bridgehead atoms. The average molecular weight is 321 g/mol. The van der Waals surface area contributed by atoms with Gasteiger partial charge in [0.25, 0.3) is 11.8 Å². The molecule has 6 nitrogen and oxygen atoms in total. The molecule has 0 saturated carbocycles. The van der Waals surface area contributed by atoms with E-state index in [4.69, 9.17) is 0 Å². The SMILES string of the molecule is O=C1c2ccccc2C(=O)N1CCCn1c(=O)[nH]c2ccccc21. The first-order valence-corrected chi connectivity index (χ1v) is 7.79. The number of hydrogen-bond acceptors (Lipinski definition) is 3. The predicted molar refractivity (Wildman–Crippen MR) is 89.0 cm³/mol. The minimum absolute atomic E-state index is 0.182. The largest absolute Gasteiger partial charge is 0.326 e. The van der Waals surface area contributed by atoms with E-state index in [0.29, 0.717) is 24.1 Å². The van der Waals surface area contributed by atoms with Crippen LogP contribution < -0.4 is 5.69 Å². The van der Waals surface area contributed by atoms with Gasteiger partial charge in [0.1, 0.15) is 0 Å². The Morgan fingerprint density at radius 1 is 0.792 bits per heavy atom. The molecular weight excluding hydrogens is 306 g/mol. The minimum atomic E-state index is -0.262. The van der Waals surface area contributed by atoms with Crippen LogP contribution in [0.1, 0.15) is 27.1 Å². The zero-order valence-electron chi connectivity index (χ0n) is 12.9. The van der Waals surface area contributed by atoms with Crippen molar-refractivity contribution in [2.45, 2.75) is 13.0 Å². The van der Waals surface area contributed by atoms with Crippen molar-refractivity contribution in [2.75, 3.05) is 6.54 Å². The molecule has 120 valence electrons. The Bertz CT molecular complexity index is 981. The van der Waals surface area contributed by atoms with Crippen molar-refractivity contribution in [1.82, 2.24) is 14.5 Å². The first-order valence-electron chi connectivity index (χ1n) is 7.79. The van der Waals surface area contributed by atoms with Crippen molar-refractivity contribution in [2.24, 2.45) is 0 Å². The standard InChI is InChI=1S/C18H15N3O3/c22-16-12-6-1-2-7-13(12)17(23)21(16)11-5-10-20-15-9-4-3-8-14(15)19-18(20)24/h1-4,6-9H,5,10-11H2,(H,19,24). The number of benzene rings is 2. The summed E-state index contributed by atoms with van der Waals surface area (Å²) >= 11 is 0. The maximum absolute atomic E-state index is 12.3. The van der Waals surface area contributed by atoms with Crippen molar-refractivity contribution >= 4 is 22.8 Å². The fourth-order valence-corrected chi connectivity index (χ4v) is 3.16. The van der Waals surface area contributed by atoms with E-state index < -0.39 is 0 Å². The number of fused-ring (bicyclic) bond motifs is 2. The second-order valence-electron chi connectivity index (χ2n) is 5.76. The van der Waals surface area contributed by atoms with Gasteiger partial charge in [-0.1, -0.05) is 24.3 Å². The number of amides is 2. The number of para-hydroxylation sites is 2. The number of imide groups is 1. The number of nitrogens with one attached hydrogen (secondary N) is 1. The number of aromatic nitrogens is 2. The molecule has 4 rings (SSSR count). The molecule has 1 aromatic heterocycles. The Labute approximate surface area is 137 Å². The summed E-state index contributed by atoms with van der Waals surface area (Å²) in [6.07, 6.45) is 0.521. The van der Waals surface area contributed by atoms with Gasteiger partial charge in [-0.05, 0) is 30.7 Å². The van der Waals surface area contributed by atoms with Gasteiger partial charge in [0, 0.05) is 13.1 Å². The quantitative estimate of drug-likeness (QED) is 0.747. The molecule has 0 aliphatic carbocycles. The van der Waals surface area contributed by atoms with Crippen LogP contribution in [0.2, 0.25) is 0 Å². The number of H-pyrrole nitrogens is 1. The summed E-state index contributed by atoms with van der Waals surface area (Å²) in [5.74, 6) is -0.524. The third-order valence-corrected chi connectivity index (χ3v) is 4.32. The molecule has 0 radical (unpaired) electrons. The van der Waals surface area contributed by atoms with Gasteiger partial charge in [0.15, 0.2) is 0 Å². The number of hydrogen-bond donors (Lipinski definition) is 1. The Hall–Kier alpha value is -3.15. The van der Waals surface area contributed by atoms with Crippen LogP contribution in [0.15, 0.2) is 53.3 Å². The van der Waals surface area contributed by atoms with Gasteiger partial charge < -0.3 is 4.98 Å². The van der Waals surface area contributed by atoms with Gasteiger partial charge in [0.2, 0.25) is 0 Å². The van der Waals surface area contributed by atoms with E-state index >= 15 is 0 Å². The second-order valence-corrected chi connectivity index (χ2v) is 5.76. The molecule has 3 aromatic rings. The summed E-state index contributed by atoms with van der Waals surface area (Å²) < 4.78 is 1.63. The Balaban J connectivity index is 1.50. The van der Waals surface area contributed by atoms with Crippen molar-refractivity contribution in [3.63, 3.8) is 0 Å². The van der Waals surface area contributed by atoms with Crippen LogP contribution in [0, 0.1) is 0 Å². The molecule has 6 heteroatoms. The van der Waals surface area contributed by atoms with Gasteiger partial charge in [-0.2, -0.15) is 0 Å². The lowest BCUT2D eigenvalue weighted by molar-refractivity contribution is 0.0651. The zero-order chi connectivity index (χ0) is 16.7. The van der Waals surface area contributed by atoms with Gasteiger partial charge in [-0.15, -0.1) is 0 Å². The van der Waals surface area contributed by atoms with Gasteiger partial charge in [0.05, 0.1) is 22.2 Å². The summed E-state index contributed by atoms with van der Waals surface area (Å²) in [6.45, 7) is 0.731. The third kappa shape index (κ3) is 2.15. The lowest BCUT2D eigenvalue weighted by Crippen LogP contribution is -2.31. The first-order chi connectivity index (χ1) is 11.7. The highest BCUT2D eigenvalue weighted by atomic mass is 16.2. The second kappa shape index (κ2) is 5.49. The maximum Gasteiger partial charge on any atom is 0.326 e. The van der Waals surface area contributed by atoms with E-state index in [2.05, 4.69) is 4.98 Å². The smallest absolute Gasteiger partial charge is 0.306 e. The van der Waals surface area contributed by atoms with Crippen LogP contribution in [0.4, 0.5) is 0 Å². The van der Waals surface area contributed by atoms with E-state index in [1.54, 1.807) is 28.8 Å². The Kier molecular flexibility index (Phi) is 3.30. The summed E-state index contributed by atoms with van der Waals surface area (Å²) in [7, 11) is 0. The van der Waals surface area contributed by atoms with E-state index in [1.807, 2.05) is 24.3 Å². The Morgan fingerprint density at radius 3 is 2.12 bits per heavy atom. The molecule has 0 unspecified atom stereocenters. The van der Waals surface area contributed by atoms with Crippen LogP contribution >= 0.6 is 0 Å². The molecular formula is C18H15N3O3. The summed E-state index contributed by atoms with van der Waals surface area (Å²) in [6, 6.07) is 14.3. The summed E-state index contributed by atoms with van der Waals surface area (Å²) in [5.41, 5.74) is 2.32. The maximum atomic E-state index is 12.3. The highest BCUT2D eigenvalue weighted by Crippen LogP contribution is 2.22. The zero-order valence-corrected chi connectivity index (χ0v) is 12.9. The molecule has 2 amide bonds. The molecule has 0 fully saturated rings. The number of carbonyl (C=O) groups is 2. The fourth-order valence-electron chi connectivity index (χ4n) is 3.16. The lowest BCUT2D eigenvalue weighted by atomic mass is 10.1. The number of aryl methyl sites for hydroxylation is 1. The topological polar surface area (TPSA) is 75.2 Å². The monoisotopic (exact) mass is 321 g/mol. The van der Waals surface area contributed by atoms with Crippen LogP contribution in [-0.4, -0.2) is 32.8 Å². The van der Waals surface area contributed by atoms with Crippen LogP contribution in [0.25, 0.3) is 11.0 Å². The third-order valence-electron chi connectivity index (χ3n) is 4.32. The number of aromatic amines is 1. The minimum Gasteiger partial charge on any atom is -0.306 e. The molecule has 2 aromatic carbocycles. The number of rotatable bonds is 4. The Morgan fingerprint density at radius 2 is 1.42 bits per heavy atom. The predicted octanol–water partition coefficient (Wildman–Crippen LogP) is 2.02. The number of carbonyl (C=O) groups excluding carboxylic acids is 2. The van der Waals surface area contributed by atoms with Crippen LogP contribution in [-0.2, 0) is 6.54 Å². The molecule has 0 spiro atoms. The summed E-state index contributed by atoms with van der Waals surface area (Å²) in [4.78, 5) is 40.7. The lowest BCUT2D eigenvalue weighted by Gasteiger charge is -2.13. The van der Waals surface area contributed by atoms with Gasteiger partial charge in [-0.25, -0.2) is 4.79 Å². The molecule has 1 N–H and O–H groups in total. The fraction of sp³-hybridized carbons (Fsp3) is 0.167. The number of imidazole rings is 1. The first kappa shape index (κ1) is 14.4.